The van der Waals surface area contributed by atoms with E-state index >= 15 is 0 Å². The molecule has 1 saturated heterocycles. The van der Waals surface area contributed by atoms with Crippen LogP contribution in [0.2, 0.25) is 0 Å². The van der Waals surface area contributed by atoms with E-state index in [1.165, 1.54) is 11.6 Å². The number of fused-ring (bicyclic) bond motifs is 1. The largest absolute Gasteiger partial charge is 0.504 e. The number of nitrogens with one attached hydrogen (secondary N) is 1. The number of carbonyl (C=O) groups excluding carboxylic acids is 1. The van der Waals surface area contributed by atoms with Gasteiger partial charge in [-0.25, -0.2) is 0 Å². The van der Waals surface area contributed by atoms with Crippen molar-refractivity contribution in [1.29, 1.82) is 0 Å². The summed E-state index contributed by atoms with van der Waals surface area (Å²) in [5.41, 5.74) is 5.12. The van der Waals surface area contributed by atoms with Crippen LogP contribution >= 0.6 is 0 Å². The summed E-state index contributed by atoms with van der Waals surface area (Å²) in [6.07, 6.45) is 5.18. The second-order valence-corrected chi connectivity index (χ2v) is 7.22. The topological polar surface area (TPSA) is 71.0 Å². The number of hydroxylamine groups is 1. The van der Waals surface area contributed by atoms with E-state index in [1.54, 1.807) is 13.2 Å². The summed E-state index contributed by atoms with van der Waals surface area (Å²) in [5.74, 6) is 1.46. The quantitative estimate of drug-likeness (QED) is 0.852. The molecule has 146 valence electrons. The summed E-state index contributed by atoms with van der Waals surface area (Å²) >= 11 is 0. The van der Waals surface area contributed by atoms with Gasteiger partial charge in [0.1, 0.15) is 5.75 Å². The highest BCUT2D eigenvalue weighted by atomic mass is 16.7. The Bertz CT molecular complexity index is 884. The molecule has 2 heterocycles. The molecule has 0 saturated carbocycles. The Labute approximate surface area is 164 Å². The first kappa shape index (κ1) is 18.4. The molecule has 4 rings (SSSR count). The first-order valence-corrected chi connectivity index (χ1v) is 9.50. The number of likely N-dealkylation sites (tertiary alicyclic amines) is 1. The van der Waals surface area contributed by atoms with Gasteiger partial charge in [0.15, 0.2) is 5.75 Å². The molecule has 0 atom stereocenters. The van der Waals surface area contributed by atoms with Crippen LogP contribution in [-0.4, -0.2) is 36.1 Å². The molecular weight excluding hydrogens is 356 g/mol. The maximum Gasteiger partial charge on any atom is 0.276 e. The van der Waals surface area contributed by atoms with Crippen molar-refractivity contribution in [3.63, 3.8) is 0 Å². The standard InChI is InChI=1S/C22H24N2O4/c1-27-19-7-4-15(5-8-19)16-10-12-24(13-11-16)14-18-3-2-17-6-9-20(25)23-28-22(17)21(18)26/h2-9,16,26H,10-14H2,1H3,(H,23,25). The Hall–Kier alpha value is -2.99. The van der Waals surface area contributed by atoms with Gasteiger partial charge in [-0.1, -0.05) is 24.3 Å². The molecule has 2 aromatic rings. The minimum Gasteiger partial charge on any atom is -0.504 e. The summed E-state index contributed by atoms with van der Waals surface area (Å²) in [7, 11) is 1.68. The first-order valence-electron chi connectivity index (χ1n) is 9.50. The van der Waals surface area contributed by atoms with Crippen molar-refractivity contribution in [2.45, 2.75) is 25.3 Å². The van der Waals surface area contributed by atoms with E-state index in [2.05, 4.69) is 22.5 Å². The van der Waals surface area contributed by atoms with Crippen molar-refractivity contribution in [2.24, 2.45) is 0 Å². The summed E-state index contributed by atoms with van der Waals surface area (Å²) in [4.78, 5) is 19.0. The van der Waals surface area contributed by atoms with Gasteiger partial charge in [-0.3, -0.25) is 9.69 Å². The molecular formula is C22H24N2O4. The van der Waals surface area contributed by atoms with E-state index in [0.29, 0.717) is 23.8 Å². The number of rotatable bonds is 4. The van der Waals surface area contributed by atoms with Crippen molar-refractivity contribution in [1.82, 2.24) is 10.4 Å². The zero-order chi connectivity index (χ0) is 19.5. The summed E-state index contributed by atoms with van der Waals surface area (Å²) in [5, 5.41) is 10.6. The monoisotopic (exact) mass is 380 g/mol. The number of hydrogen-bond donors (Lipinski definition) is 2. The van der Waals surface area contributed by atoms with E-state index in [-0.39, 0.29) is 11.7 Å². The van der Waals surface area contributed by atoms with Crippen LogP contribution in [0.3, 0.4) is 0 Å². The molecule has 2 aliphatic rings. The van der Waals surface area contributed by atoms with Crippen LogP contribution in [0.1, 0.15) is 35.4 Å². The minimum absolute atomic E-state index is 0.0848. The lowest BCUT2D eigenvalue weighted by molar-refractivity contribution is -0.122. The van der Waals surface area contributed by atoms with Crippen molar-refractivity contribution in [3.05, 3.63) is 59.2 Å². The smallest absolute Gasteiger partial charge is 0.276 e. The number of amides is 1. The fourth-order valence-electron chi connectivity index (χ4n) is 3.84. The van der Waals surface area contributed by atoms with Gasteiger partial charge in [-0.15, -0.1) is 0 Å². The third kappa shape index (κ3) is 3.82. The molecule has 0 aromatic heterocycles. The predicted molar refractivity (Wildman–Crippen MR) is 106 cm³/mol. The molecule has 1 amide bonds. The summed E-state index contributed by atoms with van der Waals surface area (Å²) in [6.45, 7) is 2.57. The van der Waals surface area contributed by atoms with Gasteiger partial charge in [0, 0.05) is 23.7 Å². The minimum atomic E-state index is -0.349. The van der Waals surface area contributed by atoms with Crippen LogP contribution < -0.4 is 15.1 Å². The Morgan fingerprint density at radius 3 is 2.61 bits per heavy atom. The molecule has 0 radical (unpaired) electrons. The van der Waals surface area contributed by atoms with Gasteiger partial charge in [0.2, 0.25) is 5.75 Å². The zero-order valence-electron chi connectivity index (χ0n) is 15.9. The lowest BCUT2D eigenvalue weighted by Crippen LogP contribution is -2.32. The van der Waals surface area contributed by atoms with Crippen LogP contribution in [0, 0.1) is 0 Å². The van der Waals surface area contributed by atoms with E-state index in [0.717, 1.165) is 37.2 Å². The second-order valence-electron chi connectivity index (χ2n) is 7.22. The van der Waals surface area contributed by atoms with E-state index in [1.807, 2.05) is 24.3 Å². The Kier molecular flexibility index (Phi) is 5.21. The number of methoxy groups -OCH3 is 1. The zero-order valence-corrected chi connectivity index (χ0v) is 15.9. The van der Waals surface area contributed by atoms with Crippen LogP contribution in [0.15, 0.2) is 42.5 Å². The number of phenols is 1. The molecule has 0 bridgehead atoms. The maximum atomic E-state index is 11.4. The van der Waals surface area contributed by atoms with Gasteiger partial charge >= 0.3 is 0 Å². The lowest BCUT2D eigenvalue weighted by atomic mass is 9.89. The number of phenolic OH excluding ortho intramolecular Hbond substituents is 1. The number of aromatic hydroxyl groups is 1. The molecule has 6 nitrogen and oxygen atoms in total. The van der Waals surface area contributed by atoms with Crippen LogP contribution in [0.25, 0.3) is 6.08 Å². The molecule has 1 fully saturated rings. The van der Waals surface area contributed by atoms with Crippen LogP contribution in [0.5, 0.6) is 17.2 Å². The average Bonchev–Trinajstić information content (AvgIpc) is 2.93. The third-order valence-electron chi connectivity index (χ3n) is 5.48. The van der Waals surface area contributed by atoms with Gasteiger partial charge in [0.25, 0.3) is 5.91 Å². The fraction of sp³-hybridized carbons (Fsp3) is 0.318. The normalized spacial score (nSPS) is 17.4. The Morgan fingerprint density at radius 1 is 1.14 bits per heavy atom. The van der Waals surface area contributed by atoms with Gasteiger partial charge in [-0.2, -0.15) is 5.48 Å². The van der Waals surface area contributed by atoms with Crippen molar-refractivity contribution >= 4 is 12.0 Å². The van der Waals surface area contributed by atoms with Crippen molar-refractivity contribution in [3.8, 4) is 17.2 Å². The molecule has 2 aliphatic heterocycles. The molecule has 0 aliphatic carbocycles. The molecule has 28 heavy (non-hydrogen) atoms. The number of hydrogen-bond acceptors (Lipinski definition) is 5. The predicted octanol–water partition coefficient (Wildman–Crippen LogP) is 3.22. The van der Waals surface area contributed by atoms with Crippen LogP contribution in [0.4, 0.5) is 0 Å². The van der Waals surface area contributed by atoms with Gasteiger partial charge < -0.3 is 14.7 Å². The number of ether oxygens (including phenoxy) is 1. The first-order chi connectivity index (χ1) is 13.6. The average molecular weight is 380 g/mol. The third-order valence-corrected chi connectivity index (χ3v) is 5.48. The highest BCUT2D eigenvalue weighted by Crippen LogP contribution is 2.37. The van der Waals surface area contributed by atoms with Crippen molar-refractivity contribution < 1.29 is 19.5 Å². The van der Waals surface area contributed by atoms with E-state index in [9.17, 15) is 9.90 Å². The van der Waals surface area contributed by atoms with Gasteiger partial charge in [0.05, 0.1) is 7.11 Å². The lowest BCUT2D eigenvalue weighted by Gasteiger charge is -2.32. The van der Waals surface area contributed by atoms with E-state index in [4.69, 9.17) is 9.57 Å². The summed E-state index contributed by atoms with van der Waals surface area (Å²) < 4.78 is 5.23. The SMILES string of the molecule is COc1ccc(C2CCN(Cc3ccc4c(c3O)ONC(=O)C=C4)CC2)cc1. The molecule has 2 aromatic carbocycles. The molecule has 6 heteroatoms. The summed E-state index contributed by atoms with van der Waals surface area (Å²) in [6, 6.07) is 12.1. The highest BCUT2D eigenvalue weighted by Gasteiger charge is 2.23. The molecule has 0 spiro atoms. The number of piperidine rings is 1. The highest BCUT2D eigenvalue weighted by molar-refractivity contribution is 5.92. The molecule has 2 N–H and O–H groups in total. The Balaban J connectivity index is 1.40. The number of nitrogens with zero attached hydrogens (tertiary/aromatic N) is 1. The maximum absolute atomic E-state index is 11.4. The van der Waals surface area contributed by atoms with Gasteiger partial charge in [-0.05, 0) is 55.6 Å². The molecule has 0 unspecified atom stereocenters. The number of benzene rings is 2. The van der Waals surface area contributed by atoms with E-state index < -0.39 is 0 Å². The fourth-order valence-corrected chi connectivity index (χ4v) is 3.84. The number of carbonyl (C=O) groups is 1. The van der Waals surface area contributed by atoms with Crippen molar-refractivity contribution in [2.75, 3.05) is 20.2 Å². The Morgan fingerprint density at radius 2 is 1.89 bits per heavy atom. The van der Waals surface area contributed by atoms with Crippen LogP contribution in [-0.2, 0) is 11.3 Å². The second kappa shape index (κ2) is 7.94.